The van der Waals surface area contributed by atoms with E-state index in [4.69, 9.17) is 5.73 Å². The Balaban J connectivity index is 0.00000128. The molecule has 0 amide bonds. The molecule has 3 nitrogen and oxygen atoms in total. The molecule has 2 rings (SSSR count). The van der Waals surface area contributed by atoms with E-state index in [0.29, 0.717) is 0 Å². The highest BCUT2D eigenvalue weighted by molar-refractivity contribution is 7.11. The summed E-state index contributed by atoms with van der Waals surface area (Å²) in [5.74, 6) is 0.754. The van der Waals surface area contributed by atoms with Gasteiger partial charge in [-0.05, 0) is 45.3 Å². The van der Waals surface area contributed by atoms with Gasteiger partial charge in [0.2, 0.25) is 0 Å². The Hall–Kier alpha value is -0.160. The van der Waals surface area contributed by atoms with Gasteiger partial charge in [-0.2, -0.15) is 0 Å². The maximum Gasteiger partial charge on any atom is 0.0897 e. The Morgan fingerprint density at radius 1 is 1.50 bits per heavy atom. The number of nitrogens with two attached hydrogens (primary N) is 1. The van der Waals surface area contributed by atoms with Gasteiger partial charge in [0, 0.05) is 17.6 Å². The summed E-state index contributed by atoms with van der Waals surface area (Å²) in [5.41, 5.74) is 5.68. The lowest BCUT2D eigenvalue weighted by molar-refractivity contribution is 0.182. The fourth-order valence-corrected chi connectivity index (χ4v) is 2.92. The molecule has 1 aromatic heterocycles. The minimum Gasteiger partial charge on any atom is -0.330 e. The topological polar surface area (TPSA) is 42.2 Å². The van der Waals surface area contributed by atoms with Crippen LogP contribution in [0.15, 0.2) is 6.20 Å². The minimum absolute atomic E-state index is 0. The lowest BCUT2D eigenvalue weighted by atomic mass is 9.97. The number of aryl methyl sites for hydroxylation is 1. The molecule has 2 heterocycles. The monoisotopic (exact) mass is 261 g/mol. The van der Waals surface area contributed by atoms with Gasteiger partial charge in [0.05, 0.1) is 5.01 Å². The van der Waals surface area contributed by atoms with Crippen molar-refractivity contribution in [2.75, 3.05) is 19.6 Å². The molecular weight excluding hydrogens is 242 g/mol. The number of aromatic nitrogens is 1. The van der Waals surface area contributed by atoms with Crippen LogP contribution in [0, 0.1) is 12.8 Å². The normalized spacial score (nSPS) is 18.4. The largest absolute Gasteiger partial charge is 0.330 e. The second-order valence-electron chi connectivity index (χ2n) is 4.30. The van der Waals surface area contributed by atoms with Crippen LogP contribution >= 0.6 is 23.7 Å². The number of likely N-dealkylation sites (tertiary alicyclic amines) is 1. The Labute approximate surface area is 107 Å². The van der Waals surface area contributed by atoms with Crippen molar-refractivity contribution in [2.45, 2.75) is 26.3 Å². The van der Waals surface area contributed by atoms with Gasteiger partial charge in [-0.15, -0.1) is 23.7 Å². The first-order chi connectivity index (χ1) is 7.28. The van der Waals surface area contributed by atoms with Crippen LogP contribution < -0.4 is 5.73 Å². The molecule has 0 aromatic carbocycles. The van der Waals surface area contributed by atoms with E-state index in [1.807, 2.05) is 17.5 Å². The van der Waals surface area contributed by atoms with E-state index in [2.05, 4.69) is 16.8 Å². The van der Waals surface area contributed by atoms with Crippen LogP contribution in [0.5, 0.6) is 0 Å². The van der Waals surface area contributed by atoms with Gasteiger partial charge in [-0.3, -0.25) is 4.90 Å². The third-order valence-corrected chi connectivity index (χ3v) is 3.99. The van der Waals surface area contributed by atoms with E-state index in [-0.39, 0.29) is 12.4 Å². The molecule has 0 atom stereocenters. The van der Waals surface area contributed by atoms with Gasteiger partial charge in [0.1, 0.15) is 0 Å². The van der Waals surface area contributed by atoms with Crippen LogP contribution in [0.1, 0.15) is 22.7 Å². The van der Waals surface area contributed by atoms with Crippen molar-refractivity contribution in [3.8, 4) is 0 Å². The van der Waals surface area contributed by atoms with Crippen molar-refractivity contribution in [3.05, 3.63) is 16.1 Å². The number of piperidine rings is 1. The Morgan fingerprint density at radius 2 is 2.19 bits per heavy atom. The number of rotatable bonds is 3. The molecule has 16 heavy (non-hydrogen) atoms. The van der Waals surface area contributed by atoms with Gasteiger partial charge in [0.25, 0.3) is 0 Å². The van der Waals surface area contributed by atoms with Crippen LogP contribution in [-0.2, 0) is 6.54 Å². The van der Waals surface area contributed by atoms with Crippen molar-refractivity contribution in [3.63, 3.8) is 0 Å². The number of hydrogen-bond acceptors (Lipinski definition) is 4. The molecule has 0 spiro atoms. The first kappa shape index (κ1) is 13.9. The summed E-state index contributed by atoms with van der Waals surface area (Å²) in [6.07, 6.45) is 4.53. The van der Waals surface area contributed by atoms with E-state index in [1.54, 1.807) is 0 Å². The van der Waals surface area contributed by atoms with Crippen molar-refractivity contribution < 1.29 is 0 Å². The van der Waals surface area contributed by atoms with E-state index in [1.165, 1.54) is 35.8 Å². The van der Waals surface area contributed by atoms with Gasteiger partial charge in [-0.25, -0.2) is 4.98 Å². The summed E-state index contributed by atoms with van der Waals surface area (Å²) in [7, 11) is 0. The molecule has 1 saturated heterocycles. The van der Waals surface area contributed by atoms with Gasteiger partial charge < -0.3 is 5.73 Å². The van der Waals surface area contributed by atoms with Crippen LogP contribution in [0.2, 0.25) is 0 Å². The van der Waals surface area contributed by atoms with Gasteiger partial charge in [0.15, 0.2) is 0 Å². The average Bonchev–Trinajstić information content (AvgIpc) is 2.65. The minimum atomic E-state index is 0. The van der Waals surface area contributed by atoms with Gasteiger partial charge >= 0.3 is 0 Å². The van der Waals surface area contributed by atoms with Crippen LogP contribution in [0.25, 0.3) is 0 Å². The standard InChI is InChI=1S/C11H19N3S.ClH/c1-9-13-7-11(15-9)8-14-4-2-10(6-12)3-5-14;/h7,10H,2-6,8,12H2,1H3;1H. The highest BCUT2D eigenvalue weighted by Crippen LogP contribution is 2.20. The molecule has 1 aromatic rings. The molecule has 0 unspecified atom stereocenters. The van der Waals surface area contributed by atoms with Gasteiger partial charge in [-0.1, -0.05) is 0 Å². The van der Waals surface area contributed by atoms with E-state index in [9.17, 15) is 0 Å². The second kappa shape index (κ2) is 6.55. The molecule has 2 N–H and O–H groups in total. The van der Waals surface area contributed by atoms with Crippen LogP contribution in [0.3, 0.4) is 0 Å². The SMILES string of the molecule is Cc1ncc(CN2CCC(CN)CC2)s1.Cl. The predicted molar refractivity (Wildman–Crippen MR) is 71.2 cm³/mol. The molecule has 1 aliphatic rings. The lowest BCUT2D eigenvalue weighted by Gasteiger charge is -2.30. The van der Waals surface area contributed by atoms with Crippen molar-refractivity contribution in [1.29, 1.82) is 0 Å². The third kappa shape index (κ3) is 3.70. The predicted octanol–water partition coefficient (Wildman–Crippen LogP) is 2.04. The van der Waals surface area contributed by atoms with E-state index >= 15 is 0 Å². The van der Waals surface area contributed by atoms with Crippen molar-refractivity contribution in [1.82, 2.24) is 9.88 Å². The maximum atomic E-state index is 5.68. The summed E-state index contributed by atoms with van der Waals surface area (Å²) in [4.78, 5) is 8.19. The fourth-order valence-electron chi connectivity index (χ4n) is 2.08. The molecular formula is C11H20ClN3S. The molecule has 0 saturated carbocycles. The zero-order chi connectivity index (χ0) is 10.7. The highest BCUT2D eigenvalue weighted by atomic mass is 35.5. The summed E-state index contributed by atoms with van der Waals surface area (Å²) in [5, 5.41) is 1.17. The summed E-state index contributed by atoms with van der Waals surface area (Å²) >= 11 is 1.81. The molecule has 0 aliphatic carbocycles. The number of thiazole rings is 1. The van der Waals surface area contributed by atoms with Crippen molar-refractivity contribution >= 4 is 23.7 Å². The second-order valence-corrected chi connectivity index (χ2v) is 5.62. The number of nitrogens with zero attached hydrogens (tertiary/aromatic N) is 2. The Morgan fingerprint density at radius 3 is 2.69 bits per heavy atom. The van der Waals surface area contributed by atoms with Crippen LogP contribution in [0.4, 0.5) is 0 Å². The molecule has 5 heteroatoms. The highest BCUT2D eigenvalue weighted by Gasteiger charge is 2.18. The Bertz CT molecular complexity index is 308. The lowest BCUT2D eigenvalue weighted by Crippen LogP contribution is -2.35. The van der Waals surface area contributed by atoms with E-state index in [0.717, 1.165) is 19.0 Å². The summed E-state index contributed by atoms with van der Waals surface area (Å²) in [6, 6.07) is 0. The van der Waals surface area contributed by atoms with Crippen LogP contribution in [-0.4, -0.2) is 29.5 Å². The van der Waals surface area contributed by atoms with E-state index < -0.39 is 0 Å². The number of hydrogen-bond donors (Lipinski definition) is 1. The molecule has 92 valence electrons. The summed E-state index contributed by atoms with van der Waals surface area (Å²) in [6.45, 7) is 6.38. The first-order valence-corrected chi connectivity index (χ1v) is 6.43. The molecule has 1 aliphatic heterocycles. The quantitative estimate of drug-likeness (QED) is 0.906. The zero-order valence-electron chi connectivity index (χ0n) is 9.69. The maximum absolute atomic E-state index is 5.68. The zero-order valence-corrected chi connectivity index (χ0v) is 11.3. The Kier molecular flexibility index (Phi) is 5.69. The average molecular weight is 262 g/mol. The number of halogens is 1. The molecule has 1 fully saturated rings. The summed E-state index contributed by atoms with van der Waals surface area (Å²) < 4.78 is 0. The van der Waals surface area contributed by atoms with Crippen molar-refractivity contribution in [2.24, 2.45) is 11.7 Å². The third-order valence-electron chi connectivity index (χ3n) is 3.09. The molecule has 0 radical (unpaired) electrons. The fraction of sp³-hybridized carbons (Fsp3) is 0.727. The smallest absolute Gasteiger partial charge is 0.0897 e. The molecule has 0 bridgehead atoms. The first-order valence-electron chi connectivity index (χ1n) is 5.61.